The quantitative estimate of drug-likeness (QED) is 0.844. The average Bonchev–Trinajstić information content (AvgIpc) is 2.45. The summed E-state index contributed by atoms with van der Waals surface area (Å²) in [6.07, 6.45) is 8.52. The maximum atomic E-state index is 10.7. The van der Waals surface area contributed by atoms with Crippen molar-refractivity contribution >= 4 is 0 Å². The molecule has 0 amide bonds. The smallest absolute Gasteiger partial charge is 0.166 e. The minimum absolute atomic E-state index is 0.599. The van der Waals surface area contributed by atoms with E-state index in [2.05, 4.69) is 6.08 Å². The van der Waals surface area contributed by atoms with Gasteiger partial charge in [-0.25, -0.2) is 0 Å². The monoisotopic (exact) mass is 276 g/mol. The molecular formula is C17H24O3. The fourth-order valence-corrected chi connectivity index (χ4v) is 2.79. The van der Waals surface area contributed by atoms with Crippen molar-refractivity contribution in [3.8, 4) is 11.5 Å². The minimum Gasteiger partial charge on any atom is -0.493 e. The van der Waals surface area contributed by atoms with Gasteiger partial charge in [-0.05, 0) is 37.3 Å². The summed E-state index contributed by atoms with van der Waals surface area (Å²) >= 11 is 0. The molecule has 0 saturated carbocycles. The molecule has 1 N–H and O–H groups in total. The van der Waals surface area contributed by atoms with Crippen LogP contribution in [0.3, 0.4) is 0 Å². The number of benzene rings is 1. The Kier molecular flexibility index (Phi) is 5.48. The van der Waals surface area contributed by atoms with Crippen LogP contribution in [0.2, 0.25) is 0 Å². The van der Waals surface area contributed by atoms with E-state index in [1.165, 1.54) is 19.3 Å². The third-order valence-electron chi connectivity index (χ3n) is 3.91. The van der Waals surface area contributed by atoms with Gasteiger partial charge in [0.1, 0.15) is 6.10 Å². The van der Waals surface area contributed by atoms with Crippen molar-refractivity contribution in [3.63, 3.8) is 0 Å². The lowest BCUT2D eigenvalue weighted by molar-refractivity contribution is 0.202. The number of allylic oxidation sites excluding steroid dienone is 1. The molecule has 0 aliphatic heterocycles. The molecule has 1 atom stereocenters. The zero-order valence-electron chi connectivity index (χ0n) is 12.4. The van der Waals surface area contributed by atoms with E-state index >= 15 is 0 Å². The number of aliphatic hydroxyl groups is 1. The molecule has 0 aromatic heterocycles. The van der Waals surface area contributed by atoms with E-state index in [1.807, 2.05) is 18.2 Å². The molecule has 0 bridgehead atoms. The Morgan fingerprint density at radius 2 is 1.85 bits per heavy atom. The van der Waals surface area contributed by atoms with Crippen LogP contribution in [0.5, 0.6) is 11.5 Å². The summed E-state index contributed by atoms with van der Waals surface area (Å²) in [4.78, 5) is 0. The van der Waals surface area contributed by atoms with Gasteiger partial charge in [0.05, 0.1) is 14.2 Å². The maximum absolute atomic E-state index is 10.7. The highest BCUT2D eigenvalue weighted by atomic mass is 16.5. The first-order chi connectivity index (χ1) is 9.77. The number of aliphatic hydroxyl groups excluding tert-OH is 1. The molecule has 1 unspecified atom stereocenters. The van der Waals surface area contributed by atoms with Crippen LogP contribution in [0, 0.1) is 0 Å². The first kappa shape index (κ1) is 14.9. The highest BCUT2D eigenvalue weighted by molar-refractivity contribution is 5.49. The number of para-hydroxylation sites is 1. The Morgan fingerprint density at radius 3 is 2.60 bits per heavy atom. The Labute approximate surface area is 121 Å². The third-order valence-corrected chi connectivity index (χ3v) is 3.91. The van der Waals surface area contributed by atoms with Gasteiger partial charge in [-0.1, -0.05) is 31.1 Å². The molecule has 3 heteroatoms. The largest absolute Gasteiger partial charge is 0.493 e. The van der Waals surface area contributed by atoms with Crippen LogP contribution in [0.1, 0.15) is 50.2 Å². The van der Waals surface area contributed by atoms with Gasteiger partial charge < -0.3 is 14.6 Å². The maximum Gasteiger partial charge on any atom is 0.166 e. The van der Waals surface area contributed by atoms with E-state index in [1.54, 1.807) is 14.2 Å². The lowest BCUT2D eigenvalue weighted by atomic mass is 9.92. The van der Waals surface area contributed by atoms with E-state index in [0.717, 1.165) is 30.4 Å². The Balaban J connectivity index is 2.29. The Hall–Kier alpha value is -1.48. The van der Waals surface area contributed by atoms with Gasteiger partial charge in [-0.2, -0.15) is 0 Å². The second-order valence-electron chi connectivity index (χ2n) is 5.22. The van der Waals surface area contributed by atoms with Crippen molar-refractivity contribution in [2.45, 2.75) is 44.6 Å². The summed E-state index contributed by atoms with van der Waals surface area (Å²) in [6.45, 7) is 0. The number of rotatable bonds is 4. The van der Waals surface area contributed by atoms with E-state index in [9.17, 15) is 5.11 Å². The van der Waals surface area contributed by atoms with Gasteiger partial charge in [0.2, 0.25) is 0 Å². The number of hydrogen-bond donors (Lipinski definition) is 1. The molecule has 1 aliphatic carbocycles. The van der Waals surface area contributed by atoms with Gasteiger partial charge in [-0.3, -0.25) is 0 Å². The van der Waals surface area contributed by atoms with Crippen LogP contribution in [-0.2, 0) is 0 Å². The normalized spacial score (nSPS) is 20.2. The van der Waals surface area contributed by atoms with Crippen molar-refractivity contribution < 1.29 is 14.6 Å². The lowest BCUT2D eigenvalue weighted by Crippen LogP contribution is -2.06. The molecule has 0 heterocycles. The summed E-state index contributed by atoms with van der Waals surface area (Å²) in [7, 11) is 3.23. The molecule has 1 aromatic rings. The fraction of sp³-hybridized carbons (Fsp3) is 0.529. The molecule has 2 rings (SSSR count). The van der Waals surface area contributed by atoms with Crippen molar-refractivity contribution in [2.75, 3.05) is 14.2 Å². The van der Waals surface area contributed by atoms with Crippen molar-refractivity contribution in [1.82, 2.24) is 0 Å². The molecule has 20 heavy (non-hydrogen) atoms. The van der Waals surface area contributed by atoms with Gasteiger partial charge in [0.25, 0.3) is 0 Å². The summed E-state index contributed by atoms with van der Waals surface area (Å²) in [6, 6.07) is 5.65. The first-order valence-electron chi connectivity index (χ1n) is 7.35. The molecule has 0 fully saturated rings. The zero-order chi connectivity index (χ0) is 14.4. The van der Waals surface area contributed by atoms with Gasteiger partial charge in [0, 0.05) is 5.56 Å². The highest BCUT2D eigenvalue weighted by Gasteiger charge is 2.20. The van der Waals surface area contributed by atoms with Crippen LogP contribution in [0.25, 0.3) is 0 Å². The molecule has 0 radical (unpaired) electrons. The molecule has 3 nitrogen and oxygen atoms in total. The van der Waals surface area contributed by atoms with Crippen molar-refractivity contribution in [3.05, 3.63) is 35.4 Å². The average molecular weight is 276 g/mol. The molecule has 0 spiro atoms. The second kappa shape index (κ2) is 7.34. The van der Waals surface area contributed by atoms with Gasteiger partial charge in [0.15, 0.2) is 11.5 Å². The van der Waals surface area contributed by atoms with E-state index in [-0.39, 0.29) is 0 Å². The fourth-order valence-electron chi connectivity index (χ4n) is 2.79. The van der Waals surface area contributed by atoms with Crippen molar-refractivity contribution in [2.24, 2.45) is 0 Å². The van der Waals surface area contributed by atoms with Gasteiger partial charge >= 0.3 is 0 Å². The second-order valence-corrected chi connectivity index (χ2v) is 5.22. The first-order valence-corrected chi connectivity index (χ1v) is 7.35. The summed E-state index contributed by atoms with van der Waals surface area (Å²) in [5.74, 6) is 1.29. The minimum atomic E-state index is -0.599. The molecule has 1 aliphatic rings. The molecule has 1 aromatic carbocycles. The van der Waals surface area contributed by atoms with Crippen LogP contribution in [0.15, 0.2) is 29.8 Å². The van der Waals surface area contributed by atoms with Crippen LogP contribution in [-0.4, -0.2) is 19.3 Å². The topological polar surface area (TPSA) is 38.7 Å². The zero-order valence-corrected chi connectivity index (χ0v) is 12.4. The van der Waals surface area contributed by atoms with E-state index in [0.29, 0.717) is 11.5 Å². The standard InChI is InChI=1S/C17H24O3/c1-19-15-12-8-11-14(17(15)20-2)16(18)13-9-6-4-3-5-7-10-13/h8-9,11-12,16,18H,3-7,10H2,1-2H3/b13-9+. The molecular weight excluding hydrogens is 252 g/mol. The van der Waals surface area contributed by atoms with Gasteiger partial charge in [-0.15, -0.1) is 0 Å². The number of hydrogen-bond acceptors (Lipinski definition) is 3. The van der Waals surface area contributed by atoms with E-state index in [4.69, 9.17) is 9.47 Å². The predicted molar refractivity (Wildman–Crippen MR) is 80.3 cm³/mol. The predicted octanol–water partition coefficient (Wildman–Crippen LogP) is 4.02. The Bertz CT molecular complexity index is 465. The summed E-state index contributed by atoms with van der Waals surface area (Å²) < 4.78 is 10.7. The number of methoxy groups -OCH3 is 2. The van der Waals surface area contributed by atoms with Crippen molar-refractivity contribution in [1.29, 1.82) is 0 Å². The Morgan fingerprint density at radius 1 is 1.05 bits per heavy atom. The van der Waals surface area contributed by atoms with Crippen LogP contribution >= 0.6 is 0 Å². The molecule has 110 valence electrons. The summed E-state index contributed by atoms with van der Waals surface area (Å²) in [5, 5.41) is 10.7. The summed E-state index contributed by atoms with van der Waals surface area (Å²) in [5.41, 5.74) is 1.90. The van der Waals surface area contributed by atoms with Crippen LogP contribution < -0.4 is 9.47 Å². The van der Waals surface area contributed by atoms with E-state index < -0.39 is 6.10 Å². The number of ether oxygens (including phenoxy) is 2. The third kappa shape index (κ3) is 3.34. The highest BCUT2D eigenvalue weighted by Crippen LogP contribution is 2.38. The van der Waals surface area contributed by atoms with Crippen LogP contribution in [0.4, 0.5) is 0 Å². The lowest BCUT2D eigenvalue weighted by Gasteiger charge is -2.21. The SMILES string of the molecule is COc1cccc(C(O)/C2=C/CCCCCC2)c1OC. The molecule has 0 saturated heterocycles.